The van der Waals surface area contributed by atoms with Crippen LogP contribution in [0.1, 0.15) is 64.7 Å². The zero-order valence-corrected chi connectivity index (χ0v) is 13.2. The number of hydrogen-bond acceptors (Lipinski definition) is 2. The maximum atomic E-state index is 11.7. The zero-order valence-electron chi connectivity index (χ0n) is 13.2. The van der Waals surface area contributed by atoms with Crippen LogP contribution >= 0.6 is 0 Å². The van der Waals surface area contributed by atoms with Crippen molar-refractivity contribution in [3.63, 3.8) is 0 Å². The van der Waals surface area contributed by atoms with Crippen molar-refractivity contribution >= 4 is 5.91 Å². The standard InChI is InChI=1S/C17H32N2O/c1-15(16-8-9-16)14-17(20)18-10-4-2-5-11-19-12-6-3-7-13-19/h15-16H,2-14H2,1H3,(H,18,20). The quantitative estimate of drug-likeness (QED) is 0.658. The molecule has 1 heterocycles. The maximum absolute atomic E-state index is 11.7. The number of piperidine rings is 1. The molecule has 0 aromatic heterocycles. The van der Waals surface area contributed by atoms with Crippen LogP contribution in [-0.2, 0) is 4.79 Å². The van der Waals surface area contributed by atoms with Crippen molar-refractivity contribution in [1.29, 1.82) is 0 Å². The zero-order chi connectivity index (χ0) is 14.2. The molecule has 20 heavy (non-hydrogen) atoms. The molecule has 1 N–H and O–H groups in total. The third-order valence-electron chi connectivity index (χ3n) is 4.86. The maximum Gasteiger partial charge on any atom is 0.220 e. The van der Waals surface area contributed by atoms with Crippen LogP contribution in [0.3, 0.4) is 0 Å². The topological polar surface area (TPSA) is 32.3 Å². The molecule has 1 aliphatic heterocycles. The van der Waals surface area contributed by atoms with E-state index in [1.807, 2.05) is 0 Å². The van der Waals surface area contributed by atoms with Gasteiger partial charge in [0.1, 0.15) is 0 Å². The summed E-state index contributed by atoms with van der Waals surface area (Å²) in [5.41, 5.74) is 0. The van der Waals surface area contributed by atoms with E-state index in [1.165, 1.54) is 64.6 Å². The molecule has 1 aliphatic carbocycles. The van der Waals surface area contributed by atoms with E-state index < -0.39 is 0 Å². The van der Waals surface area contributed by atoms with Crippen molar-refractivity contribution < 1.29 is 4.79 Å². The lowest BCUT2D eigenvalue weighted by molar-refractivity contribution is -0.122. The minimum absolute atomic E-state index is 0.264. The lowest BCUT2D eigenvalue weighted by atomic mass is 10.0. The second-order valence-corrected chi connectivity index (χ2v) is 6.83. The second-order valence-electron chi connectivity index (χ2n) is 6.83. The first-order valence-electron chi connectivity index (χ1n) is 8.75. The lowest BCUT2D eigenvalue weighted by Gasteiger charge is -2.26. The number of rotatable bonds is 9. The van der Waals surface area contributed by atoms with Gasteiger partial charge in [0.15, 0.2) is 0 Å². The average Bonchev–Trinajstić information content (AvgIpc) is 3.28. The minimum Gasteiger partial charge on any atom is -0.356 e. The largest absolute Gasteiger partial charge is 0.356 e. The summed E-state index contributed by atoms with van der Waals surface area (Å²) in [7, 11) is 0. The van der Waals surface area contributed by atoms with Crippen LogP contribution in [0.2, 0.25) is 0 Å². The first-order chi connectivity index (χ1) is 9.75. The molecular weight excluding hydrogens is 248 g/mol. The van der Waals surface area contributed by atoms with Gasteiger partial charge >= 0.3 is 0 Å². The molecule has 2 rings (SSSR count). The summed E-state index contributed by atoms with van der Waals surface area (Å²) >= 11 is 0. The van der Waals surface area contributed by atoms with Crippen LogP contribution in [0.4, 0.5) is 0 Å². The SMILES string of the molecule is CC(CC(=O)NCCCCCN1CCCCC1)C1CC1. The number of amides is 1. The predicted octanol–water partition coefficient (Wildman–Crippen LogP) is 3.20. The van der Waals surface area contributed by atoms with Crippen LogP contribution in [-0.4, -0.2) is 37.0 Å². The summed E-state index contributed by atoms with van der Waals surface area (Å²) in [6.07, 6.45) is 11.3. The molecule has 1 saturated heterocycles. The molecule has 3 nitrogen and oxygen atoms in total. The Hall–Kier alpha value is -0.570. The third kappa shape index (κ3) is 6.25. The van der Waals surface area contributed by atoms with Gasteiger partial charge in [-0.2, -0.15) is 0 Å². The predicted molar refractivity (Wildman–Crippen MR) is 83.7 cm³/mol. The van der Waals surface area contributed by atoms with Crippen molar-refractivity contribution in [2.45, 2.75) is 64.7 Å². The summed E-state index contributed by atoms with van der Waals surface area (Å²) in [5.74, 6) is 1.69. The first kappa shape index (κ1) is 15.8. The van der Waals surface area contributed by atoms with Crippen LogP contribution < -0.4 is 5.32 Å². The molecule has 0 aromatic rings. The van der Waals surface area contributed by atoms with E-state index in [2.05, 4.69) is 17.1 Å². The Kier molecular flexibility index (Phi) is 6.85. The summed E-state index contributed by atoms with van der Waals surface area (Å²) in [4.78, 5) is 14.3. The molecule has 1 atom stereocenters. The van der Waals surface area contributed by atoms with Gasteiger partial charge in [-0.1, -0.05) is 19.8 Å². The Bertz CT molecular complexity index is 283. The van der Waals surface area contributed by atoms with Crippen molar-refractivity contribution in [3.8, 4) is 0 Å². The van der Waals surface area contributed by atoms with E-state index in [0.29, 0.717) is 5.92 Å². The average molecular weight is 280 g/mol. The summed E-state index contributed by atoms with van der Waals surface area (Å²) in [5, 5.41) is 3.08. The fraction of sp³-hybridized carbons (Fsp3) is 0.941. The molecule has 116 valence electrons. The number of carbonyl (C=O) groups is 1. The molecule has 0 bridgehead atoms. The summed E-state index contributed by atoms with van der Waals surface area (Å²) in [6, 6.07) is 0. The second kappa shape index (κ2) is 8.66. The number of likely N-dealkylation sites (tertiary alicyclic amines) is 1. The van der Waals surface area contributed by atoms with E-state index in [4.69, 9.17) is 0 Å². The van der Waals surface area contributed by atoms with Gasteiger partial charge in [0.2, 0.25) is 5.91 Å². The van der Waals surface area contributed by atoms with Crippen LogP contribution in [0.25, 0.3) is 0 Å². The minimum atomic E-state index is 0.264. The van der Waals surface area contributed by atoms with E-state index >= 15 is 0 Å². The number of hydrogen-bond donors (Lipinski definition) is 1. The number of unbranched alkanes of at least 4 members (excludes halogenated alkanes) is 2. The Morgan fingerprint density at radius 1 is 1.15 bits per heavy atom. The van der Waals surface area contributed by atoms with Gasteiger partial charge in [0.25, 0.3) is 0 Å². The van der Waals surface area contributed by atoms with Crippen LogP contribution in [0, 0.1) is 11.8 Å². The van der Waals surface area contributed by atoms with Crippen LogP contribution in [0.15, 0.2) is 0 Å². The van der Waals surface area contributed by atoms with Crippen LogP contribution in [0.5, 0.6) is 0 Å². The molecule has 0 spiro atoms. The molecule has 1 saturated carbocycles. The van der Waals surface area contributed by atoms with Gasteiger partial charge in [-0.25, -0.2) is 0 Å². The van der Waals surface area contributed by atoms with Gasteiger partial charge in [-0.3, -0.25) is 4.79 Å². The van der Waals surface area contributed by atoms with Crippen molar-refractivity contribution in [2.24, 2.45) is 11.8 Å². The summed E-state index contributed by atoms with van der Waals surface area (Å²) in [6.45, 7) is 6.95. The number of nitrogens with one attached hydrogen (secondary N) is 1. The molecule has 0 radical (unpaired) electrons. The molecule has 1 amide bonds. The van der Waals surface area contributed by atoms with Crippen molar-refractivity contribution in [2.75, 3.05) is 26.2 Å². The highest BCUT2D eigenvalue weighted by Gasteiger charge is 2.28. The summed E-state index contributed by atoms with van der Waals surface area (Å²) < 4.78 is 0. The van der Waals surface area contributed by atoms with Gasteiger partial charge in [-0.05, 0) is 70.0 Å². The van der Waals surface area contributed by atoms with Gasteiger partial charge in [-0.15, -0.1) is 0 Å². The molecule has 2 fully saturated rings. The molecule has 3 heteroatoms. The Labute approximate surface area is 124 Å². The molecular formula is C17H32N2O. The van der Waals surface area contributed by atoms with Gasteiger partial charge < -0.3 is 10.2 Å². The highest BCUT2D eigenvalue weighted by atomic mass is 16.1. The Morgan fingerprint density at radius 2 is 1.90 bits per heavy atom. The molecule has 1 unspecified atom stereocenters. The fourth-order valence-electron chi connectivity index (χ4n) is 3.24. The fourth-order valence-corrected chi connectivity index (χ4v) is 3.24. The number of nitrogens with zero attached hydrogens (tertiary/aromatic N) is 1. The van der Waals surface area contributed by atoms with E-state index in [-0.39, 0.29) is 5.91 Å². The van der Waals surface area contributed by atoms with E-state index in [0.717, 1.165) is 25.3 Å². The van der Waals surface area contributed by atoms with Crippen molar-refractivity contribution in [1.82, 2.24) is 10.2 Å². The third-order valence-corrected chi connectivity index (χ3v) is 4.86. The first-order valence-corrected chi connectivity index (χ1v) is 8.75. The van der Waals surface area contributed by atoms with Gasteiger partial charge in [0.05, 0.1) is 0 Å². The monoisotopic (exact) mass is 280 g/mol. The van der Waals surface area contributed by atoms with E-state index in [1.54, 1.807) is 0 Å². The molecule has 2 aliphatic rings. The highest BCUT2D eigenvalue weighted by Crippen LogP contribution is 2.37. The smallest absolute Gasteiger partial charge is 0.220 e. The highest BCUT2D eigenvalue weighted by molar-refractivity contribution is 5.76. The molecule has 0 aromatic carbocycles. The normalized spacial score (nSPS) is 21.6. The lowest BCUT2D eigenvalue weighted by Crippen LogP contribution is -2.30. The van der Waals surface area contributed by atoms with Gasteiger partial charge in [0, 0.05) is 13.0 Å². The Balaban J connectivity index is 1.39. The van der Waals surface area contributed by atoms with E-state index in [9.17, 15) is 4.79 Å². The number of carbonyl (C=O) groups excluding carboxylic acids is 1. The van der Waals surface area contributed by atoms with Crippen molar-refractivity contribution in [3.05, 3.63) is 0 Å². The Morgan fingerprint density at radius 3 is 2.60 bits per heavy atom.